The van der Waals surface area contributed by atoms with Crippen molar-refractivity contribution in [2.75, 3.05) is 0 Å². The van der Waals surface area contributed by atoms with E-state index in [2.05, 4.69) is 111 Å². The van der Waals surface area contributed by atoms with E-state index in [9.17, 15) is 0 Å². The Morgan fingerprint density at radius 3 is 2.07 bits per heavy atom. The maximum atomic E-state index is 2.34. The zero-order valence-electron chi connectivity index (χ0n) is 17.0. The molecule has 0 bridgehead atoms. The first kappa shape index (κ1) is 18.8. The summed E-state index contributed by atoms with van der Waals surface area (Å²) in [5, 5.41) is 2.28. The van der Waals surface area contributed by atoms with Crippen molar-refractivity contribution >= 4 is 11.3 Å². The molecule has 28 heavy (non-hydrogen) atoms. The second-order valence-corrected chi connectivity index (χ2v) is 8.86. The Morgan fingerprint density at radius 2 is 1.46 bits per heavy atom. The molecule has 4 rings (SSSR count). The van der Waals surface area contributed by atoms with Crippen LogP contribution in [0.2, 0.25) is 0 Å². The van der Waals surface area contributed by atoms with Gasteiger partial charge < -0.3 is 4.57 Å². The summed E-state index contributed by atoms with van der Waals surface area (Å²) >= 11 is 1.84. The first-order valence-electron chi connectivity index (χ1n) is 10.0. The molecular weight excluding hydrogens is 358 g/mol. The Kier molecular flexibility index (Phi) is 5.23. The van der Waals surface area contributed by atoms with Crippen LogP contribution in [0.15, 0.2) is 78.3 Å². The van der Waals surface area contributed by atoms with Crippen molar-refractivity contribution in [3.05, 3.63) is 89.6 Å². The minimum Gasteiger partial charge on any atom is -0.320 e. The molecule has 2 aromatic heterocycles. The highest BCUT2D eigenvalue weighted by atomic mass is 32.1. The van der Waals surface area contributed by atoms with Gasteiger partial charge in [0.25, 0.3) is 0 Å². The van der Waals surface area contributed by atoms with Gasteiger partial charge in [-0.1, -0.05) is 70.2 Å². The number of hydrogen-bond acceptors (Lipinski definition) is 1. The van der Waals surface area contributed by atoms with Crippen molar-refractivity contribution in [2.45, 2.75) is 39.5 Å². The van der Waals surface area contributed by atoms with Crippen LogP contribution in [-0.2, 0) is 0 Å². The van der Waals surface area contributed by atoms with Crippen LogP contribution >= 0.6 is 11.3 Å². The Hall–Kier alpha value is -2.58. The summed E-state index contributed by atoms with van der Waals surface area (Å²) in [7, 11) is 0. The molecule has 0 aliphatic rings. The molecular formula is C26H27NS. The first-order chi connectivity index (χ1) is 13.5. The Balaban J connectivity index is 1.70. The molecule has 1 nitrogen and oxygen atoms in total. The van der Waals surface area contributed by atoms with Crippen LogP contribution in [0.3, 0.4) is 0 Å². The number of nitrogens with zero attached hydrogens (tertiary/aromatic N) is 1. The molecule has 0 N–H and O–H groups in total. The number of thiophene rings is 1. The quantitative estimate of drug-likeness (QED) is 0.327. The fourth-order valence-electron chi connectivity index (χ4n) is 3.71. The summed E-state index contributed by atoms with van der Waals surface area (Å²) in [6, 6.07) is 24.2. The second-order valence-electron chi connectivity index (χ2n) is 7.95. The summed E-state index contributed by atoms with van der Waals surface area (Å²) in [4.78, 5) is 1.34. The molecule has 0 saturated heterocycles. The largest absolute Gasteiger partial charge is 0.320 e. The van der Waals surface area contributed by atoms with Gasteiger partial charge in [0.15, 0.2) is 0 Å². The lowest BCUT2D eigenvalue weighted by molar-refractivity contribution is 0.789. The van der Waals surface area contributed by atoms with Crippen LogP contribution in [0.5, 0.6) is 0 Å². The second kappa shape index (κ2) is 7.81. The lowest BCUT2D eigenvalue weighted by Crippen LogP contribution is -2.02. The third kappa shape index (κ3) is 3.57. The lowest BCUT2D eigenvalue weighted by Gasteiger charge is -2.15. The highest BCUT2D eigenvalue weighted by Crippen LogP contribution is 2.34. The van der Waals surface area contributed by atoms with E-state index in [1.165, 1.54) is 38.5 Å². The van der Waals surface area contributed by atoms with Crippen LogP contribution < -0.4 is 0 Å². The maximum Gasteiger partial charge on any atom is 0.0453 e. The molecule has 0 fully saturated rings. The molecule has 0 radical (unpaired) electrons. The summed E-state index contributed by atoms with van der Waals surface area (Å²) < 4.78 is 2.34. The molecule has 0 aliphatic heterocycles. The zero-order chi connectivity index (χ0) is 19.7. The number of hydrogen-bond donors (Lipinski definition) is 0. The van der Waals surface area contributed by atoms with E-state index in [-0.39, 0.29) is 0 Å². The number of benzene rings is 2. The molecule has 0 spiro atoms. The highest BCUT2D eigenvalue weighted by molar-refractivity contribution is 7.13. The minimum absolute atomic E-state index is 0.441. The van der Waals surface area contributed by atoms with Gasteiger partial charge in [0.05, 0.1) is 0 Å². The molecule has 2 heteroatoms. The van der Waals surface area contributed by atoms with Crippen molar-refractivity contribution in [1.29, 1.82) is 0 Å². The Morgan fingerprint density at radius 1 is 0.750 bits per heavy atom. The van der Waals surface area contributed by atoms with E-state index in [1.807, 2.05) is 11.3 Å². The monoisotopic (exact) mass is 385 g/mol. The SMILES string of the molecule is CC(C)c1csc(-c2ccc(-n3ccc(-c4ccccc4)c3C(C)C)cc2)c1. The molecule has 0 atom stereocenters. The topological polar surface area (TPSA) is 4.93 Å². The van der Waals surface area contributed by atoms with Crippen LogP contribution in [0, 0.1) is 0 Å². The van der Waals surface area contributed by atoms with E-state index >= 15 is 0 Å². The van der Waals surface area contributed by atoms with Crippen LogP contribution in [-0.4, -0.2) is 4.57 Å². The Bertz CT molecular complexity index is 1050. The summed E-state index contributed by atoms with van der Waals surface area (Å²) in [6.45, 7) is 9.04. The van der Waals surface area contributed by atoms with Gasteiger partial charge in [0, 0.05) is 28.0 Å². The summed E-state index contributed by atoms with van der Waals surface area (Å²) in [6.07, 6.45) is 2.20. The average Bonchev–Trinajstić information content (AvgIpc) is 3.36. The molecule has 2 heterocycles. The van der Waals surface area contributed by atoms with Gasteiger partial charge in [-0.15, -0.1) is 11.3 Å². The predicted molar refractivity (Wildman–Crippen MR) is 123 cm³/mol. The van der Waals surface area contributed by atoms with Gasteiger partial charge in [-0.25, -0.2) is 0 Å². The van der Waals surface area contributed by atoms with E-state index in [0.717, 1.165) is 0 Å². The van der Waals surface area contributed by atoms with Crippen molar-refractivity contribution in [2.24, 2.45) is 0 Å². The van der Waals surface area contributed by atoms with E-state index in [0.29, 0.717) is 11.8 Å². The first-order valence-corrected chi connectivity index (χ1v) is 10.9. The third-order valence-electron chi connectivity index (χ3n) is 5.27. The minimum atomic E-state index is 0.441. The van der Waals surface area contributed by atoms with E-state index in [4.69, 9.17) is 0 Å². The summed E-state index contributed by atoms with van der Waals surface area (Å²) in [5.41, 5.74) is 7.89. The van der Waals surface area contributed by atoms with E-state index < -0.39 is 0 Å². The van der Waals surface area contributed by atoms with Crippen molar-refractivity contribution < 1.29 is 0 Å². The van der Waals surface area contributed by atoms with Crippen LogP contribution in [0.1, 0.15) is 50.8 Å². The highest BCUT2D eigenvalue weighted by Gasteiger charge is 2.15. The smallest absolute Gasteiger partial charge is 0.0453 e. The fraction of sp³-hybridized carbons (Fsp3) is 0.231. The number of rotatable bonds is 5. The van der Waals surface area contributed by atoms with Crippen LogP contribution in [0.4, 0.5) is 0 Å². The van der Waals surface area contributed by atoms with Crippen molar-refractivity contribution in [3.8, 4) is 27.3 Å². The molecule has 0 saturated carbocycles. The molecule has 2 aromatic carbocycles. The molecule has 142 valence electrons. The maximum absolute atomic E-state index is 2.34. The van der Waals surface area contributed by atoms with Crippen molar-refractivity contribution in [1.82, 2.24) is 4.57 Å². The van der Waals surface area contributed by atoms with Gasteiger partial charge in [0.1, 0.15) is 0 Å². The van der Waals surface area contributed by atoms with Gasteiger partial charge in [-0.05, 0) is 58.2 Å². The van der Waals surface area contributed by atoms with E-state index in [1.54, 1.807) is 0 Å². The zero-order valence-corrected chi connectivity index (χ0v) is 17.8. The normalized spacial score (nSPS) is 11.5. The van der Waals surface area contributed by atoms with Gasteiger partial charge in [-0.2, -0.15) is 0 Å². The van der Waals surface area contributed by atoms with Crippen molar-refractivity contribution in [3.63, 3.8) is 0 Å². The third-order valence-corrected chi connectivity index (χ3v) is 6.27. The van der Waals surface area contributed by atoms with Gasteiger partial charge in [-0.3, -0.25) is 0 Å². The van der Waals surface area contributed by atoms with Crippen LogP contribution in [0.25, 0.3) is 27.3 Å². The molecule has 0 unspecified atom stereocenters. The molecule has 0 aliphatic carbocycles. The summed E-state index contributed by atoms with van der Waals surface area (Å²) in [5.74, 6) is 1.02. The lowest BCUT2D eigenvalue weighted by atomic mass is 9.99. The predicted octanol–water partition coefficient (Wildman–Crippen LogP) is 8.12. The molecule has 0 amide bonds. The van der Waals surface area contributed by atoms with Gasteiger partial charge >= 0.3 is 0 Å². The number of aromatic nitrogens is 1. The fourth-order valence-corrected chi connectivity index (χ4v) is 4.79. The standard InChI is InChI=1S/C26H27NS/c1-18(2)22-16-25(28-17-22)21-10-12-23(13-11-21)27-15-14-24(26(27)19(3)4)20-8-6-5-7-9-20/h5-19H,1-4H3. The van der Waals surface area contributed by atoms with Gasteiger partial charge in [0.2, 0.25) is 0 Å². The average molecular weight is 386 g/mol. The Labute approximate surface area is 172 Å². The molecule has 4 aromatic rings.